The fourth-order valence-corrected chi connectivity index (χ4v) is 2.64. The number of anilines is 1. The lowest BCUT2D eigenvalue weighted by molar-refractivity contribution is -0.147. The van der Waals surface area contributed by atoms with Crippen molar-refractivity contribution in [2.75, 3.05) is 25.6 Å². The van der Waals surface area contributed by atoms with Crippen molar-refractivity contribution in [1.82, 2.24) is 0 Å². The van der Waals surface area contributed by atoms with Gasteiger partial charge in [0.25, 0.3) is 5.91 Å². The second kappa shape index (κ2) is 11.6. The highest BCUT2D eigenvalue weighted by atomic mass is 16.5. The molecule has 0 bridgehead atoms. The highest BCUT2D eigenvalue weighted by Crippen LogP contribution is 2.25. The Hall–Kier alpha value is -3.35. The monoisotopic (exact) mass is 413 g/mol. The van der Waals surface area contributed by atoms with Crippen LogP contribution in [0.5, 0.6) is 11.5 Å². The smallest absolute Gasteiger partial charge is 0.306 e. The average Bonchev–Trinajstić information content (AvgIpc) is 2.75. The lowest BCUT2D eigenvalue weighted by Crippen LogP contribution is -2.21. The van der Waals surface area contributed by atoms with Crippen molar-refractivity contribution in [3.8, 4) is 11.5 Å². The molecule has 2 aromatic carbocycles. The van der Waals surface area contributed by atoms with Gasteiger partial charge in [-0.3, -0.25) is 14.4 Å². The number of nitrogens with one attached hydrogen (secondary N) is 1. The molecule has 2 rings (SSSR count). The summed E-state index contributed by atoms with van der Waals surface area (Å²) in [4.78, 5) is 36.1. The zero-order valence-corrected chi connectivity index (χ0v) is 17.5. The first-order valence-corrected chi connectivity index (χ1v) is 9.79. The van der Waals surface area contributed by atoms with Crippen molar-refractivity contribution < 1.29 is 28.6 Å². The number of amides is 1. The van der Waals surface area contributed by atoms with Crippen LogP contribution >= 0.6 is 0 Å². The Bertz CT molecular complexity index is 876. The molecular formula is C23H27NO6. The van der Waals surface area contributed by atoms with E-state index < -0.39 is 18.5 Å². The molecule has 0 unspecified atom stereocenters. The number of benzene rings is 2. The van der Waals surface area contributed by atoms with Crippen LogP contribution in [-0.2, 0) is 14.3 Å². The van der Waals surface area contributed by atoms with E-state index in [0.717, 1.165) is 12.0 Å². The van der Waals surface area contributed by atoms with Crippen LogP contribution in [-0.4, -0.2) is 38.0 Å². The Kier molecular flexibility index (Phi) is 8.87. The number of Topliss-reactive ketones (excluding diaryl/α,β-unsaturated/α-hetero) is 1. The summed E-state index contributed by atoms with van der Waals surface area (Å²) in [6.07, 6.45) is 0.800. The van der Waals surface area contributed by atoms with Crippen LogP contribution in [0.3, 0.4) is 0 Å². The lowest BCUT2D eigenvalue weighted by Gasteiger charge is -2.11. The molecule has 0 heterocycles. The zero-order chi connectivity index (χ0) is 21.9. The van der Waals surface area contributed by atoms with Gasteiger partial charge in [-0.2, -0.15) is 0 Å². The molecule has 0 aromatic heterocycles. The minimum Gasteiger partial charge on any atom is -0.495 e. The van der Waals surface area contributed by atoms with Gasteiger partial charge in [-0.1, -0.05) is 13.0 Å². The molecule has 0 saturated carbocycles. The molecule has 7 nitrogen and oxygen atoms in total. The van der Waals surface area contributed by atoms with Crippen LogP contribution in [0.1, 0.15) is 42.1 Å². The van der Waals surface area contributed by atoms with Crippen LogP contribution in [0.4, 0.5) is 5.69 Å². The molecule has 0 atom stereocenters. The lowest BCUT2D eigenvalue weighted by atomic mass is 10.1. The van der Waals surface area contributed by atoms with E-state index in [4.69, 9.17) is 14.2 Å². The number of hydrogen-bond donors (Lipinski definition) is 1. The summed E-state index contributed by atoms with van der Waals surface area (Å²) in [7, 11) is 1.50. The van der Waals surface area contributed by atoms with Crippen molar-refractivity contribution in [1.29, 1.82) is 0 Å². The van der Waals surface area contributed by atoms with Gasteiger partial charge in [0.2, 0.25) is 0 Å². The van der Waals surface area contributed by atoms with Gasteiger partial charge in [-0.25, -0.2) is 0 Å². The van der Waals surface area contributed by atoms with Crippen molar-refractivity contribution in [2.45, 2.75) is 33.1 Å². The van der Waals surface area contributed by atoms with E-state index in [1.807, 2.05) is 19.9 Å². The van der Waals surface area contributed by atoms with Crippen LogP contribution in [0.15, 0.2) is 42.5 Å². The quantitative estimate of drug-likeness (QED) is 0.443. The number of hydrogen-bond acceptors (Lipinski definition) is 6. The summed E-state index contributed by atoms with van der Waals surface area (Å²) >= 11 is 0. The molecule has 0 saturated heterocycles. The molecule has 1 N–H and O–H groups in total. The molecule has 160 valence electrons. The number of esters is 1. The predicted molar refractivity (Wildman–Crippen MR) is 113 cm³/mol. The van der Waals surface area contributed by atoms with E-state index >= 15 is 0 Å². The number of carbonyl (C=O) groups is 3. The van der Waals surface area contributed by atoms with E-state index in [1.165, 1.54) is 7.11 Å². The largest absolute Gasteiger partial charge is 0.495 e. The van der Waals surface area contributed by atoms with Gasteiger partial charge in [0.05, 0.1) is 25.8 Å². The van der Waals surface area contributed by atoms with E-state index in [1.54, 1.807) is 36.4 Å². The van der Waals surface area contributed by atoms with Crippen LogP contribution in [0.25, 0.3) is 0 Å². The Morgan fingerprint density at radius 3 is 2.40 bits per heavy atom. The molecule has 0 fully saturated rings. The second-order valence-electron chi connectivity index (χ2n) is 6.71. The van der Waals surface area contributed by atoms with Gasteiger partial charge in [-0.05, 0) is 55.3 Å². The third-order valence-corrected chi connectivity index (χ3v) is 4.20. The number of ketones is 1. The summed E-state index contributed by atoms with van der Waals surface area (Å²) in [5.41, 5.74) is 1.95. The van der Waals surface area contributed by atoms with Crippen molar-refractivity contribution >= 4 is 23.3 Å². The minimum atomic E-state index is -0.613. The fraction of sp³-hybridized carbons (Fsp3) is 0.348. The molecule has 0 radical (unpaired) electrons. The van der Waals surface area contributed by atoms with Crippen molar-refractivity contribution in [3.05, 3.63) is 53.6 Å². The molecule has 0 aliphatic carbocycles. The normalized spacial score (nSPS) is 10.2. The Labute approximate surface area is 176 Å². The van der Waals surface area contributed by atoms with Gasteiger partial charge in [-0.15, -0.1) is 0 Å². The summed E-state index contributed by atoms with van der Waals surface area (Å²) in [5, 5.41) is 2.65. The van der Waals surface area contributed by atoms with Crippen molar-refractivity contribution in [3.63, 3.8) is 0 Å². The first-order valence-electron chi connectivity index (χ1n) is 9.79. The standard InChI is InChI=1S/C23H27NO6/c1-4-13-29-18-8-6-17(7-9-18)20(25)10-12-23(27)30-15-22(26)24-19-14-16(2)5-11-21(19)28-3/h5-9,11,14H,4,10,12-13,15H2,1-3H3,(H,24,26). The topological polar surface area (TPSA) is 90.9 Å². The summed E-state index contributed by atoms with van der Waals surface area (Å²) in [6.45, 7) is 4.08. The Morgan fingerprint density at radius 1 is 1.00 bits per heavy atom. The molecule has 7 heteroatoms. The number of carbonyl (C=O) groups excluding carboxylic acids is 3. The predicted octanol–water partition coefficient (Wildman–Crippen LogP) is 3.94. The Balaban J connectivity index is 1.76. The first kappa shape index (κ1) is 22.9. The van der Waals surface area contributed by atoms with Crippen LogP contribution in [0, 0.1) is 6.92 Å². The highest BCUT2D eigenvalue weighted by molar-refractivity contribution is 5.98. The Morgan fingerprint density at radius 2 is 1.73 bits per heavy atom. The number of methoxy groups -OCH3 is 1. The van der Waals surface area contributed by atoms with Crippen LogP contribution < -0.4 is 14.8 Å². The molecule has 0 aliphatic heterocycles. The molecule has 0 spiro atoms. The van der Waals surface area contributed by atoms with Gasteiger partial charge in [0.15, 0.2) is 12.4 Å². The van der Waals surface area contributed by atoms with Crippen LogP contribution in [0.2, 0.25) is 0 Å². The number of aryl methyl sites for hydroxylation is 1. The summed E-state index contributed by atoms with van der Waals surface area (Å²) in [5.74, 6) is -0.0668. The molecule has 1 amide bonds. The fourth-order valence-electron chi connectivity index (χ4n) is 2.64. The average molecular weight is 413 g/mol. The molecule has 0 aliphatic rings. The van der Waals surface area contributed by atoms with Gasteiger partial charge < -0.3 is 19.5 Å². The zero-order valence-electron chi connectivity index (χ0n) is 17.5. The number of rotatable bonds is 11. The summed E-state index contributed by atoms with van der Waals surface area (Å²) < 4.78 is 15.6. The summed E-state index contributed by atoms with van der Waals surface area (Å²) in [6, 6.07) is 12.1. The molecule has 30 heavy (non-hydrogen) atoms. The van der Waals surface area contributed by atoms with E-state index in [2.05, 4.69) is 5.32 Å². The first-order chi connectivity index (χ1) is 14.4. The second-order valence-corrected chi connectivity index (χ2v) is 6.71. The third-order valence-electron chi connectivity index (χ3n) is 4.20. The maximum atomic E-state index is 12.2. The van der Waals surface area contributed by atoms with Gasteiger partial charge >= 0.3 is 5.97 Å². The molecule has 2 aromatic rings. The van der Waals surface area contributed by atoms with E-state index in [0.29, 0.717) is 29.4 Å². The van der Waals surface area contributed by atoms with E-state index in [9.17, 15) is 14.4 Å². The maximum absolute atomic E-state index is 12.2. The van der Waals surface area contributed by atoms with Gasteiger partial charge in [0, 0.05) is 12.0 Å². The highest BCUT2D eigenvalue weighted by Gasteiger charge is 2.13. The minimum absolute atomic E-state index is 0.00131. The van der Waals surface area contributed by atoms with Gasteiger partial charge in [0.1, 0.15) is 11.5 Å². The number of ether oxygens (including phenoxy) is 3. The van der Waals surface area contributed by atoms with Crippen molar-refractivity contribution in [2.24, 2.45) is 0 Å². The van der Waals surface area contributed by atoms with E-state index in [-0.39, 0.29) is 18.6 Å². The third kappa shape index (κ3) is 7.24. The maximum Gasteiger partial charge on any atom is 0.306 e. The molecular weight excluding hydrogens is 386 g/mol. The SMILES string of the molecule is CCCOc1ccc(C(=O)CCC(=O)OCC(=O)Nc2cc(C)ccc2OC)cc1.